The molecule has 1 aliphatic rings. The van der Waals surface area contributed by atoms with Gasteiger partial charge in [-0.1, -0.05) is 25.7 Å². The second-order valence-corrected chi connectivity index (χ2v) is 7.47. The number of nitrogens with zero attached hydrogens (tertiary/aromatic N) is 3. The van der Waals surface area contributed by atoms with Crippen molar-refractivity contribution in [2.75, 3.05) is 13.7 Å². The molecule has 12 heteroatoms. The molecular formula is C22H29N3O9. The van der Waals surface area contributed by atoms with Crippen LogP contribution in [0, 0.1) is 11.8 Å². The van der Waals surface area contributed by atoms with Gasteiger partial charge < -0.3 is 23.7 Å². The van der Waals surface area contributed by atoms with Crippen LogP contribution in [0.5, 0.6) is 0 Å². The third-order valence-electron chi connectivity index (χ3n) is 4.69. The summed E-state index contributed by atoms with van der Waals surface area (Å²) in [4.78, 5) is 51.4. The van der Waals surface area contributed by atoms with Crippen LogP contribution in [0.1, 0.15) is 76.0 Å². The van der Waals surface area contributed by atoms with Crippen molar-refractivity contribution >= 4 is 23.9 Å². The van der Waals surface area contributed by atoms with Crippen LogP contribution in [-0.4, -0.2) is 70.7 Å². The van der Waals surface area contributed by atoms with Crippen LogP contribution in [0.4, 0.5) is 0 Å². The van der Waals surface area contributed by atoms with Crippen LogP contribution in [0.2, 0.25) is 0 Å². The van der Waals surface area contributed by atoms with Gasteiger partial charge in [-0.05, 0) is 12.3 Å². The van der Waals surface area contributed by atoms with E-state index in [1.807, 2.05) is 0 Å². The Kier molecular flexibility index (Phi) is 10.0. The molecule has 1 aliphatic heterocycles. The van der Waals surface area contributed by atoms with Crippen molar-refractivity contribution in [2.24, 2.45) is 0 Å². The van der Waals surface area contributed by atoms with Gasteiger partial charge in [-0.2, -0.15) is 4.98 Å². The van der Waals surface area contributed by atoms with Gasteiger partial charge in [-0.25, -0.2) is 9.48 Å². The molecule has 0 aromatic carbocycles. The van der Waals surface area contributed by atoms with Crippen LogP contribution in [0.15, 0.2) is 0 Å². The van der Waals surface area contributed by atoms with Gasteiger partial charge in [0.25, 0.3) is 0 Å². The summed E-state index contributed by atoms with van der Waals surface area (Å²) in [5, 5.41) is 4.25. The van der Waals surface area contributed by atoms with E-state index in [2.05, 4.69) is 28.8 Å². The highest BCUT2D eigenvalue weighted by molar-refractivity contribution is 5.85. The molecule has 0 amide bonds. The van der Waals surface area contributed by atoms with Crippen molar-refractivity contribution in [3.05, 3.63) is 11.6 Å². The lowest BCUT2D eigenvalue weighted by atomic mass is 10.1. The van der Waals surface area contributed by atoms with Gasteiger partial charge in [-0.3, -0.25) is 14.4 Å². The van der Waals surface area contributed by atoms with Crippen molar-refractivity contribution in [1.29, 1.82) is 0 Å². The number of aromatic nitrogens is 3. The van der Waals surface area contributed by atoms with E-state index in [-0.39, 0.29) is 18.3 Å². The summed E-state index contributed by atoms with van der Waals surface area (Å²) in [5.74, 6) is 2.74. The fourth-order valence-electron chi connectivity index (χ4n) is 3.28. The Hall–Kier alpha value is -3.46. The van der Waals surface area contributed by atoms with Gasteiger partial charge in [0, 0.05) is 27.2 Å². The zero-order valence-corrected chi connectivity index (χ0v) is 19.9. The van der Waals surface area contributed by atoms with Gasteiger partial charge in [0.1, 0.15) is 12.7 Å². The van der Waals surface area contributed by atoms with E-state index in [1.54, 1.807) is 0 Å². The monoisotopic (exact) mass is 479 g/mol. The predicted octanol–water partition coefficient (Wildman–Crippen LogP) is 1.32. The molecule has 0 N–H and O–H groups in total. The first-order chi connectivity index (χ1) is 16.2. The maximum absolute atomic E-state index is 12.4. The Morgan fingerprint density at radius 3 is 2.29 bits per heavy atom. The highest BCUT2D eigenvalue weighted by Crippen LogP contribution is 2.34. The van der Waals surface area contributed by atoms with E-state index >= 15 is 0 Å². The van der Waals surface area contributed by atoms with E-state index in [1.165, 1.54) is 21.0 Å². The first-order valence-electron chi connectivity index (χ1n) is 10.8. The Balaban J connectivity index is 2.46. The summed E-state index contributed by atoms with van der Waals surface area (Å²) in [5.41, 5.74) is 0. The number of carbonyl (C=O) groups is 4. The van der Waals surface area contributed by atoms with Gasteiger partial charge in [0.2, 0.25) is 11.6 Å². The predicted molar refractivity (Wildman–Crippen MR) is 114 cm³/mol. The van der Waals surface area contributed by atoms with Gasteiger partial charge in [0.05, 0.1) is 7.11 Å². The Labute approximate surface area is 197 Å². The molecule has 0 saturated carbocycles. The van der Waals surface area contributed by atoms with E-state index < -0.39 is 48.4 Å². The molecule has 0 spiro atoms. The molecule has 34 heavy (non-hydrogen) atoms. The molecule has 0 aliphatic carbocycles. The second kappa shape index (κ2) is 12.7. The van der Waals surface area contributed by atoms with Gasteiger partial charge >= 0.3 is 23.9 Å². The maximum Gasteiger partial charge on any atom is 0.375 e. The number of rotatable bonds is 9. The number of esters is 4. The Morgan fingerprint density at radius 1 is 1.03 bits per heavy atom. The highest BCUT2D eigenvalue weighted by atomic mass is 16.7. The van der Waals surface area contributed by atoms with Crippen LogP contribution in [0.25, 0.3) is 0 Å². The number of hydrogen-bond acceptors (Lipinski definition) is 11. The fraction of sp³-hybridized carbons (Fsp3) is 0.636. The lowest BCUT2D eigenvalue weighted by Crippen LogP contribution is -2.41. The molecule has 0 unspecified atom stereocenters. The largest absolute Gasteiger partial charge is 0.463 e. The summed E-state index contributed by atoms with van der Waals surface area (Å²) in [6.07, 6.45) is -1.00. The Morgan fingerprint density at radius 2 is 1.71 bits per heavy atom. The fourth-order valence-corrected chi connectivity index (χ4v) is 3.28. The van der Waals surface area contributed by atoms with Crippen molar-refractivity contribution in [1.82, 2.24) is 14.8 Å². The molecule has 1 fully saturated rings. The molecule has 1 saturated heterocycles. The normalized spacial score (nSPS) is 21.2. The molecule has 12 nitrogen and oxygen atoms in total. The van der Waals surface area contributed by atoms with Crippen molar-refractivity contribution in [3.8, 4) is 11.8 Å². The van der Waals surface area contributed by atoms with Crippen LogP contribution >= 0.6 is 0 Å². The first kappa shape index (κ1) is 26.8. The first-order valence-corrected chi connectivity index (χ1v) is 10.8. The molecule has 0 bridgehead atoms. The second-order valence-electron chi connectivity index (χ2n) is 7.47. The summed E-state index contributed by atoms with van der Waals surface area (Å²) >= 11 is 0. The number of methoxy groups -OCH3 is 1. The minimum Gasteiger partial charge on any atom is -0.463 e. The smallest absolute Gasteiger partial charge is 0.375 e. The topological polar surface area (TPSA) is 145 Å². The third-order valence-corrected chi connectivity index (χ3v) is 4.69. The molecule has 2 heterocycles. The van der Waals surface area contributed by atoms with Crippen LogP contribution in [-0.2, 0) is 38.1 Å². The lowest BCUT2D eigenvalue weighted by Gasteiger charge is -2.23. The number of ether oxygens (including phenoxy) is 5. The minimum atomic E-state index is -1.24. The number of hydrogen-bond donors (Lipinski definition) is 0. The number of carbonyl (C=O) groups excluding carboxylic acids is 4. The Bertz CT molecular complexity index is 963. The zero-order valence-electron chi connectivity index (χ0n) is 19.9. The molecular weight excluding hydrogens is 450 g/mol. The van der Waals surface area contributed by atoms with Crippen molar-refractivity contribution in [3.63, 3.8) is 0 Å². The van der Waals surface area contributed by atoms with Crippen molar-refractivity contribution in [2.45, 2.75) is 77.9 Å². The number of unbranched alkanes of at least 4 members (excludes halogenated alkanes) is 3. The summed E-state index contributed by atoms with van der Waals surface area (Å²) in [6, 6.07) is 0. The molecule has 2 rings (SSSR count). The summed E-state index contributed by atoms with van der Waals surface area (Å²) in [6.45, 7) is 5.32. The van der Waals surface area contributed by atoms with Crippen LogP contribution in [0.3, 0.4) is 0 Å². The highest BCUT2D eigenvalue weighted by Gasteiger charge is 2.52. The maximum atomic E-state index is 12.4. The molecule has 1 aromatic heterocycles. The average molecular weight is 479 g/mol. The van der Waals surface area contributed by atoms with Gasteiger partial charge in [-0.15, -0.1) is 5.10 Å². The average Bonchev–Trinajstić information content (AvgIpc) is 3.32. The van der Waals surface area contributed by atoms with E-state index in [9.17, 15) is 19.2 Å². The zero-order chi connectivity index (χ0) is 25.3. The molecule has 4 atom stereocenters. The lowest BCUT2D eigenvalue weighted by molar-refractivity contribution is -0.166. The summed E-state index contributed by atoms with van der Waals surface area (Å²) in [7, 11) is 1.17. The molecule has 186 valence electrons. The standard InChI is InChI=1S/C22H29N3O9/c1-6-7-8-9-10-11-17-23-20(22(29)30-5)25(24-17)21-19(33-15(4)28)18(32-14(3)27)16(34-21)12-31-13(2)26/h16,18-19,21H,6-9,12H2,1-5H3/t16-,18-,19-,21-/m1/s1. The van der Waals surface area contributed by atoms with Crippen molar-refractivity contribution < 1.29 is 42.9 Å². The SMILES string of the molecule is CCCCCC#Cc1nc(C(=O)OC)n([C@@H]2O[C@H](COC(C)=O)[C@@H](OC(C)=O)[C@H]2OC(C)=O)n1. The molecule has 1 aromatic rings. The third kappa shape index (κ3) is 7.28. The minimum absolute atomic E-state index is 0.0366. The quantitative estimate of drug-likeness (QED) is 0.219. The molecule has 0 radical (unpaired) electrons. The van der Waals surface area contributed by atoms with E-state index in [4.69, 9.17) is 23.7 Å². The van der Waals surface area contributed by atoms with Gasteiger partial charge in [0.15, 0.2) is 18.4 Å². The van der Waals surface area contributed by atoms with Crippen LogP contribution < -0.4 is 0 Å². The summed E-state index contributed by atoms with van der Waals surface area (Å²) < 4.78 is 27.5. The van der Waals surface area contributed by atoms with E-state index in [0.29, 0.717) is 6.42 Å². The van der Waals surface area contributed by atoms with E-state index in [0.717, 1.165) is 30.9 Å².